The molecule has 0 fully saturated rings. The van der Waals surface area contributed by atoms with Crippen LogP contribution < -0.4 is 14.4 Å². The molecule has 0 aliphatic heterocycles. The van der Waals surface area contributed by atoms with Gasteiger partial charge in [-0.05, 0) is 48.7 Å². The van der Waals surface area contributed by atoms with Crippen LogP contribution in [0, 0.1) is 0 Å². The first-order valence-electron chi connectivity index (χ1n) is 11.1. The van der Waals surface area contributed by atoms with E-state index in [1.54, 1.807) is 31.2 Å². The van der Waals surface area contributed by atoms with E-state index in [1.807, 2.05) is 6.92 Å². The first kappa shape index (κ1) is 28.7. The molecule has 2 rings (SSSR count). The van der Waals surface area contributed by atoms with Gasteiger partial charge in [-0.1, -0.05) is 49.2 Å². The van der Waals surface area contributed by atoms with Gasteiger partial charge in [0.05, 0.1) is 24.1 Å². The highest BCUT2D eigenvalue weighted by molar-refractivity contribution is 7.92. The molecule has 11 heteroatoms. The molecule has 0 unspecified atom stereocenters. The summed E-state index contributed by atoms with van der Waals surface area (Å²) in [4.78, 5) is 27.9. The summed E-state index contributed by atoms with van der Waals surface area (Å²) < 4.78 is 31.4. The van der Waals surface area contributed by atoms with Crippen molar-refractivity contribution < 1.29 is 22.7 Å². The molecule has 0 radical (unpaired) electrons. The number of sulfonamides is 1. The number of hydrogen-bond donors (Lipinski definition) is 1. The summed E-state index contributed by atoms with van der Waals surface area (Å²) in [5, 5.41) is 3.58. The fraction of sp³-hybridized carbons (Fsp3) is 0.417. The first-order chi connectivity index (χ1) is 16.5. The van der Waals surface area contributed by atoms with Gasteiger partial charge >= 0.3 is 0 Å². The van der Waals surface area contributed by atoms with Crippen LogP contribution >= 0.6 is 23.2 Å². The molecule has 1 N–H and O–H groups in total. The number of nitrogens with zero attached hydrogens (tertiary/aromatic N) is 2. The van der Waals surface area contributed by atoms with Crippen molar-refractivity contribution in [1.29, 1.82) is 0 Å². The third kappa shape index (κ3) is 8.02. The number of benzene rings is 2. The second-order valence-electron chi connectivity index (χ2n) is 7.95. The fourth-order valence-corrected chi connectivity index (χ4v) is 4.72. The number of carbonyl (C=O) groups excluding carboxylic acids is 2. The van der Waals surface area contributed by atoms with E-state index in [9.17, 15) is 18.0 Å². The van der Waals surface area contributed by atoms with Crippen LogP contribution in [-0.2, 0) is 26.2 Å². The van der Waals surface area contributed by atoms with Crippen LogP contribution in [0.15, 0.2) is 42.5 Å². The summed E-state index contributed by atoms with van der Waals surface area (Å²) in [5.74, 6) is -0.455. The Morgan fingerprint density at radius 2 is 1.74 bits per heavy atom. The van der Waals surface area contributed by atoms with Crippen LogP contribution in [0.4, 0.5) is 5.69 Å². The number of anilines is 1. The Balaban J connectivity index is 2.43. The minimum Gasteiger partial charge on any atom is -0.495 e. The van der Waals surface area contributed by atoms with Gasteiger partial charge in [0, 0.05) is 18.1 Å². The molecule has 2 aromatic rings. The fourth-order valence-electron chi connectivity index (χ4n) is 3.50. The predicted octanol–water partition coefficient (Wildman–Crippen LogP) is 4.10. The molecule has 192 valence electrons. The number of nitrogens with one attached hydrogen (secondary N) is 1. The van der Waals surface area contributed by atoms with Crippen molar-refractivity contribution in [2.45, 2.75) is 39.3 Å². The van der Waals surface area contributed by atoms with E-state index in [0.29, 0.717) is 23.7 Å². The lowest BCUT2D eigenvalue weighted by molar-refractivity contribution is -0.140. The molecular formula is C24H31Cl2N3O5S. The number of amides is 2. The normalized spacial score (nSPS) is 12.1. The Kier molecular flexibility index (Phi) is 10.7. The van der Waals surface area contributed by atoms with Gasteiger partial charge in [0.25, 0.3) is 0 Å². The highest BCUT2D eigenvalue weighted by Gasteiger charge is 2.31. The summed E-state index contributed by atoms with van der Waals surface area (Å²) in [7, 11) is -2.41. The standard InChI is InChI=1S/C24H31Cl2N3O5S/c1-5-13-27-24(31)21(6-2)28(15-17-7-9-18(25)10-8-17)23(30)16-29(35(4,32)33)19-11-12-22(34-3)20(26)14-19/h7-12,14,21H,5-6,13,15-16H2,1-4H3,(H,27,31)/t21-/m1/s1. The zero-order valence-electron chi connectivity index (χ0n) is 20.3. The lowest BCUT2D eigenvalue weighted by Gasteiger charge is -2.33. The van der Waals surface area contributed by atoms with Crippen molar-refractivity contribution in [3.8, 4) is 5.75 Å². The average molecular weight is 545 g/mol. The number of ether oxygens (including phenoxy) is 1. The van der Waals surface area contributed by atoms with Crippen LogP contribution in [-0.4, -0.2) is 57.6 Å². The van der Waals surface area contributed by atoms with E-state index in [4.69, 9.17) is 27.9 Å². The number of carbonyl (C=O) groups is 2. The van der Waals surface area contributed by atoms with E-state index < -0.39 is 28.5 Å². The van der Waals surface area contributed by atoms with E-state index >= 15 is 0 Å². The van der Waals surface area contributed by atoms with Crippen LogP contribution in [0.1, 0.15) is 32.3 Å². The molecule has 8 nitrogen and oxygen atoms in total. The van der Waals surface area contributed by atoms with Crippen molar-refractivity contribution in [3.05, 3.63) is 58.1 Å². The van der Waals surface area contributed by atoms with Gasteiger partial charge in [-0.25, -0.2) is 8.42 Å². The Morgan fingerprint density at radius 1 is 1.09 bits per heavy atom. The third-order valence-corrected chi connectivity index (χ3v) is 6.99. The molecule has 0 saturated heterocycles. The Labute approximate surface area is 217 Å². The molecule has 2 amide bonds. The van der Waals surface area contributed by atoms with E-state index in [0.717, 1.165) is 22.5 Å². The Hall–Kier alpha value is -2.49. The van der Waals surface area contributed by atoms with Crippen molar-refractivity contribution in [1.82, 2.24) is 10.2 Å². The highest BCUT2D eigenvalue weighted by atomic mass is 35.5. The number of halogens is 2. The van der Waals surface area contributed by atoms with Crippen LogP contribution in [0.5, 0.6) is 5.75 Å². The smallest absolute Gasteiger partial charge is 0.244 e. The maximum absolute atomic E-state index is 13.6. The number of rotatable bonds is 12. The molecule has 0 bridgehead atoms. The zero-order chi connectivity index (χ0) is 26.2. The van der Waals surface area contributed by atoms with Gasteiger partial charge in [-0.2, -0.15) is 0 Å². The van der Waals surface area contributed by atoms with Crippen molar-refractivity contribution >= 4 is 50.7 Å². The highest BCUT2D eigenvalue weighted by Crippen LogP contribution is 2.30. The Bertz CT molecular complexity index is 1130. The molecule has 0 heterocycles. The lowest BCUT2D eigenvalue weighted by atomic mass is 10.1. The SMILES string of the molecule is CCCNC(=O)[C@@H](CC)N(Cc1ccc(Cl)cc1)C(=O)CN(c1ccc(OC)c(Cl)c1)S(C)(=O)=O. The minimum atomic E-state index is -3.86. The van der Waals surface area contributed by atoms with Crippen molar-refractivity contribution in [2.24, 2.45) is 0 Å². The van der Waals surface area contributed by atoms with Crippen LogP contribution in [0.3, 0.4) is 0 Å². The van der Waals surface area contributed by atoms with E-state index in [1.165, 1.54) is 30.2 Å². The molecule has 0 aliphatic carbocycles. The predicted molar refractivity (Wildman–Crippen MR) is 140 cm³/mol. The zero-order valence-corrected chi connectivity index (χ0v) is 22.6. The monoisotopic (exact) mass is 543 g/mol. The van der Waals surface area contributed by atoms with Gasteiger partial charge in [0.1, 0.15) is 18.3 Å². The molecule has 35 heavy (non-hydrogen) atoms. The third-order valence-electron chi connectivity index (χ3n) is 5.30. The first-order valence-corrected chi connectivity index (χ1v) is 13.7. The maximum atomic E-state index is 13.6. The van der Waals surface area contributed by atoms with Crippen LogP contribution in [0.25, 0.3) is 0 Å². The van der Waals surface area contributed by atoms with E-state index in [-0.39, 0.29) is 23.2 Å². The average Bonchev–Trinajstić information content (AvgIpc) is 2.81. The minimum absolute atomic E-state index is 0.106. The molecule has 0 aliphatic rings. The van der Waals surface area contributed by atoms with Crippen molar-refractivity contribution in [3.63, 3.8) is 0 Å². The van der Waals surface area contributed by atoms with Gasteiger partial charge < -0.3 is 15.0 Å². The van der Waals surface area contributed by atoms with Gasteiger partial charge in [-0.3, -0.25) is 13.9 Å². The van der Waals surface area contributed by atoms with Crippen molar-refractivity contribution in [2.75, 3.05) is 30.8 Å². The lowest BCUT2D eigenvalue weighted by Crippen LogP contribution is -2.52. The summed E-state index contributed by atoms with van der Waals surface area (Å²) in [6, 6.07) is 10.6. The number of methoxy groups -OCH3 is 1. The van der Waals surface area contributed by atoms with Gasteiger partial charge in [0.15, 0.2) is 0 Å². The van der Waals surface area contributed by atoms with Crippen LogP contribution in [0.2, 0.25) is 10.0 Å². The van der Waals surface area contributed by atoms with E-state index in [2.05, 4.69) is 5.32 Å². The topological polar surface area (TPSA) is 96.0 Å². The molecule has 2 aromatic carbocycles. The summed E-state index contributed by atoms with van der Waals surface area (Å²) in [6.45, 7) is 3.80. The number of hydrogen-bond acceptors (Lipinski definition) is 5. The summed E-state index contributed by atoms with van der Waals surface area (Å²) in [5.41, 5.74) is 0.962. The second kappa shape index (κ2) is 13.0. The molecular weight excluding hydrogens is 513 g/mol. The van der Waals surface area contributed by atoms with Gasteiger partial charge in [0.2, 0.25) is 21.8 Å². The quantitative estimate of drug-likeness (QED) is 0.434. The molecule has 0 aromatic heterocycles. The maximum Gasteiger partial charge on any atom is 0.244 e. The Morgan fingerprint density at radius 3 is 2.26 bits per heavy atom. The largest absolute Gasteiger partial charge is 0.495 e. The second-order valence-corrected chi connectivity index (χ2v) is 10.7. The summed E-state index contributed by atoms with van der Waals surface area (Å²) in [6.07, 6.45) is 2.10. The molecule has 0 spiro atoms. The molecule has 0 saturated carbocycles. The summed E-state index contributed by atoms with van der Waals surface area (Å²) >= 11 is 12.2. The molecule has 1 atom stereocenters. The van der Waals surface area contributed by atoms with Gasteiger partial charge in [-0.15, -0.1) is 0 Å².